The van der Waals surface area contributed by atoms with Gasteiger partial charge in [0.2, 0.25) is 0 Å². The molecule has 0 bridgehead atoms. The van der Waals surface area contributed by atoms with E-state index in [1.807, 2.05) is 0 Å². The van der Waals surface area contributed by atoms with Crippen molar-refractivity contribution >= 4 is 5.97 Å². The van der Waals surface area contributed by atoms with Gasteiger partial charge in [0.05, 0.1) is 0 Å². The monoisotopic (exact) mass is 531 g/mol. The van der Waals surface area contributed by atoms with Gasteiger partial charge >= 0.3 is 5.97 Å². The Morgan fingerprint density at radius 1 is 0.526 bits per heavy atom. The molecule has 0 rings (SSSR count). The summed E-state index contributed by atoms with van der Waals surface area (Å²) in [4.78, 5) is 12.5. The van der Waals surface area contributed by atoms with Crippen molar-refractivity contribution in [3.63, 3.8) is 0 Å². The summed E-state index contributed by atoms with van der Waals surface area (Å²) in [5, 5.41) is 0. The number of esters is 1. The fourth-order valence-corrected chi connectivity index (χ4v) is 4.76. The number of carbonyl (C=O) groups is 1. The Hall–Kier alpha value is -1.31. The summed E-state index contributed by atoms with van der Waals surface area (Å²) in [6.07, 6.45) is 43.8. The number of hydrogen-bond donors (Lipinski definition) is 0. The molecule has 0 aliphatic carbocycles. The van der Waals surface area contributed by atoms with Gasteiger partial charge in [-0.1, -0.05) is 141 Å². The minimum Gasteiger partial charge on any atom is -0.462 e. The zero-order valence-corrected chi connectivity index (χ0v) is 26.0. The second-order valence-corrected chi connectivity index (χ2v) is 11.2. The van der Waals surface area contributed by atoms with Gasteiger partial charge in [-0.2, -0.15) is 0 Å². The maximum Gasteiger partial charge on any atom is 0.306 e. The Kier molecular flexibility index (Phi) is 30.8. The quantitative estimate of drug-likeness (QED) is 0.0546. The van der Waals surface area contributed by atoms with Crippen LogP contribution in [0.2, 0.25) is 0 Å². The lowest BCUT2D eigenvalue weighted by atomic mass is 10.1. The lowest BCUT2D eigenvalue weighted by Gasteiger charge is -2.16. The van der Waals surface area contributed by atoms with Gasteiger partial charge in [-0.25, -0.2) is 0 Å². The summed E-state index contributed by atoms with van der Waals surface area (Å²) in [5.74, 6) is 0.0143. The van der Waals surface area contributed by atoms with E-state index >= 15 is 0 Å². The van der Waals surface area contributed by atoms with E-state index in [0.717, 1.165) is 38.5 Å². The van der Waals surface area contributed by atoms with Crippen molar-refractivity contribution in [1.29, 1.82) is 0 Å². The number of unbranched alkanes of at least 4 members (excludes halogenated alkanes) is 17. The highest BCUT2D eigenvalue weighted by atomic mass is 16.5. The minimum atomic E-state index is 0.0143. The van der Waals surface area contributed by atoms with Crippen LogP contribution >= 0.6 is 0 Å². The first kappa shape index (κ1) is 36.7. The molecular weight excluding hydrogens is 464 g/mol. The molecule has 0 saturated heterocycles. The van der Waals surface area contributed by atoms with Crippen LogP contribution in [-0.2, 0) is 9.53 Å². The van der Waals surface area contributed by atoms with E-state index in [0.29, 0.717) is 6.42 Å². The largest absolute Gasteiger partial charge is 0.462 e. The van der Waals surface area contributed by atoms with Crippen LogP contribution in [0.3, 0.4) is 0 Å². The predicted molar refractivity (Wildman–Crippen MR) is 170 cm³/mol. The van der Waals surface area contributed by atoms with Crippen molar-refractivity contribution in [2.24, 2.45) is 0 Å². The number of ether oxygens (including phenoxy) is 1. The summed E-state index contributed by atoms with van der Waals surface area (Å²) < 4.78 is 5.92. The molecule has 0 aliphatic heterocycles. The van der Waals surface area contributed by atoms with Crippen LogP contribution in [0.25, 0.3) is 0 Å². The molecule has 0 fully saturated rings. The third-order valence-electron chi connectivity index (χ3n) is 7.30. The molecule has 0 amide bonds. The second kappa shape index (κ2) is 31.9. The Labute approximate surface area is 239 Å². The van der Waals surface area contributed by atoms with Gasteiger partial charge in [0.1, 0.15) is 6.10 Å². The molecule has 1 atom stereocenters. The SMILES string of the molecule is CCCCC/C=C\C/C=C\CCCCCCCC(=O)OC(CC=CCCCCCCCC)CCCCCC. The van der Waals surface area contributed by atoms with E-state index < -0.39 is 0 Å². The Morgan fingerprint density at radius 3 is 1.58 bits per heavy atom. The summed E-state index contributed by atoms with van der Waals surface area (Å²) >= 11 is 0. The van der Waals surface area contributed by atoms with Gasteiger partial charge in [-0.3, -0.25) is 4.79 Å². The zero-order chi connectivity index (χ0) is 27.8. The summed E-state index contributed by atoms with van der Waals surface area (Å²) in [5.41, 5.74) is 0. The van der Waals surface area contributed by atoms with E-state index in [1.54, 1.807) is 0 Å². The average molecular weight is 531 g/mol. The van der Waals surface area contributed by atoms with E-state index in [-0.39, 0.29) is 12.1 Å². The Balaban J connectivity index is 3.92. The molecule has 1 unspecified atom stereocenters. The molecule has 0 aromatic carbocycles. The molecule has 2 heteroatoms. The Morgan fingerprint density at radius 2 is 0.974 bits per heavy atom. The lowest BCUT2D eigenvalue weighted by molar-refractivity contribution is -0.149. The number of hydrogen-bond acceptors (Lipinski definition) is 2. The first-order chi connectivity index (χ1) is 18.7. The lowest BCUT2D eigenvalue weighted by Crippen LogP contribution is -2.17. The summed E-state index contributed by atoms with van der Waals surface area (Å²) in [7, 11) is 0. The molecule has 38 heavy (non-hydrogen) atoms. The van der Waals surface area contributed by atoms with Crippen LogP contribution < -0.4 is 0 Å². The first-order valence-corrected chi connectivity index (χ1v) is 16.9. The number of carbonyl (C=O) groups excluding carboxylic acids is 1. The van der Waals surface area contributed by atoms with Gasteiger partial charge in [-0.05, 0) is 64.2 Å². The number of rotatable bonds is 29. The van der Waals surface area contributed by atoms with Gasteiger partial charge in [-0.15, -0.1) is 0 Å². The van der Waals surface area contributed by atoms with E-state index in [4.69, 9.17) is 4.74 Å². The van der Waals surface area contributed by atoms with Crippen molar-refractivity contribution in [2.45, 2.75) is 187 Å². The topological polar surface area (TPSA) is 26.3 Å². The first-order valence-electron chi connectivity index (χ1n) is 16.9. The third-order valence-corrected chi connectivity index (χ3v) is 7.30. The van der Waals surface area contributed by atoms with Gasteiger partial charge < -0.3 is 4.74 Å². The zero-order valence-electron chi connectivity index (χ0n) is 26.0. The van der Waals surface area contributed by atoms with E-state index in [9.17, 15) is 4.79 Å². The molecule has 0 aliphatic rings. The van der Waals surface area contributed by atoms with Crippen LogP contribution in [-0.4, -0.2) is 12.1 Å². The Bertz CT molecular complexity index is 560. The van der Waals surface area contributed by atoms with Gasteiger partial charge in [0.25, 0.3) is 0 Å². The van der Waals surface area contributed by atoms with Crippen LogP contribution in [0.1, 0.15) is 181 Å². The molecule has 0 aromatic heterocycles. The molecule has 222 valence electrons. The highest BCUT2D eigenvalue weighted by Gasteiger charge is 2.13. The second-order valence-electron chi connectivity index (χ2n) is 11.2. The smallest absolute Gasteiger partial charge is 0.306 e. The molecule has 0 aromatic rings. The molecule has 0 N–H and O–H groups in total. The van der Waals surface area contributed by atoms with E-state index in [2.05, 4.69) is 57.2 Å². The highest BCUT2D eigenvalue weighted by Crippen LogP contribution is 2.15. The minimum absolute atomic E-state index is 0.0143. The van der Waals surface area contributed by atoms with Gasteiger partial charge in [0.15, 0.2) is 0 Å². The van der Waals surface area contributed by atoms with E-state index in [1.165, 1.54) is 116 Å². The predicted octanol–water partition coefficient (Wildman–Crippen LogP) is 12.4. The maximum absolute atomic E-state index is 12.5. The maximum atomic E-state index is 12.5. The normalized spacial score (nSPS) is 12.8. The fourth-order valence-electron chi connectivity index (χ4n) is 4.76. The van der Waals surface area contributed by atoms with Crippen LogP contribution in [0, 0.1) is 0 Å². The molecule has 0 radical (unpaired) electrons. The van der Waals surface area contributed by atoms with Crippen LogP contribution in [0.4, 0.5) is 0 Å². The number of allylic oxidation sites excluding steroid dienone is 5. The van der Waals surface area contributed by atoms with Crippen molar-refractivity contribution in [1.82, 2.24) is 0 Å². The molecule has 0 spiro atoms. The van der Waals surface area contributed by atoms with Gasteiger partial charge in [0, 0.05) is 12.8 Å². The summed E-state index contributed by atoms with van der Waals surface area (Å²) in [6, 6.07) is 0. The summed E-state index contributed by atoms with van der Waals surface area (Å²) in [6.45, 7) is 6.77. The fraction of sp³-hybridized carbons (Fsp3) is 0.806. The third kappa shape index (κ3) is 29.2. The standard InChI is InChI=1S/C36H66O2/c1-4-7-10-13-15-17-18-19-20-21-22-24-26-28-31-34-36(37)38-35(32-29-12-9-6-3)33-30-27-25-23-16-14-11-8-5-2/h15,17,19-20,27,30,35H,4-14,16,18,21-26,28-29,31-34H2,1-3H3/b17-15-,20-19-,30-27?. The molecular formula is C36H66O2. The molecule has 0 heterocycles. The molecule has 2 nitrogen and oxygen atoms in total. The van der Waals surface area contributed by atoms with Crippen molar-refractivity contribution in [3.05, 3.63) is 36.5 Å². The highest BCUT2D eigenvalue weighted by molar-refractivity contribution is 5.69. The van der Waals surface area contributed by atoms with Crippen molar-refractivity contribution in [3.8, 4) is 0 Å². The van der Waals surface area contributed by atoms with Crippen molar-refractivity contribution < 1.29 is 9.53 Å². The van der Waals surface area contributed by atoms with Crippen molar-refractivity contribution in [2.75, 3.05) is 0 Å². The average Bonchev–Trinajstić information content (AvgIpc) is 2.92. The van der Waals surface area contributed by atoms with Crippen LogP contribution in [0.15, 0.2) is 36.5 Å². The molecule has 0 saturated carbocycles. The van der Waals surface area contributed by atoms with Crippen LogP contribution in [0.5, 0.6) is 0 Å².